The lowest BCUT2D eigenvalue weighted by molar-refractivity contribution is 0.252. The van der Waals surface area contributed by atoms with E-state index in [0.717, 1.165) is 25.9 Å². The van der Waals surface area contributed by atoms with Gasteiger partial charge in [-0.05, 0) is 71.0 Å². The molecular formula is C23H19IN4O2. The minimum Gasteiger partial charge on any atom is -0.488 e. The summed E-state index contributed by atoms with van der Waals surface area (Å²) in [6.45, 7) is 2.23. The Labute approximate surface area is 188 Å². The van der Waals surface area contributed by atoms with Gasteiger partial charge in [-0.25, -0.2) is 10.2 Å². The van der Waals surface area contributed by atoms with E-state index >= 15 is 0 Å². The topological polar surface area (TPSA) is 86.5 Å². The van der Waals surface area contributed by atoms with Gasteiger partial charge >= 0.3 is 6.03 Å². The molecule has 3 rings (SSSR count). The molecule has 0 aliphatic heterocycles. The van der Waals surface area contributed by atoms with Gasteiger partial charge in [0.05, 0.1) is 21.4 Å². The second-order valence-electron chi connectivity index (χ2n) is 6.39. The predicted molar refractivity (Wildman–Crippen MR) is 126 cm³/mol. The highest BCUT2D eigenvalue weighted by atomic mass is 127. The van der Waals surface area contributed by atoms with Gasteiger partial charge in [0.15, 0.2) is 0 Å². The second-order valence-corrected chi connectivity index (χ2v) is 7.55. The van der Waals surface area contributed by atoms with Crippen LogP contribution in [-0.2, 0) is 6.61 Å². The summed E-state index contributed by atoms with van der Waals surface area (Å²) in [5.41, 5.74) is 6.42. The summed E-state index contributed by atoms with van der Waals surface area (Å²) in [5, 5.41) is 15.9. The molecule has 0 aliphatic rings. The van der Waals surface area contributed by atoms with Crippen LogP contribution < -0.4 is 15.5 Å². The monoisotopic (exact) mass is 510 g/mol. The molecule has 0 saturated heterocycles. The molecule has 0 saturated carbocycles. The van der Waals surface area contributed by atoms with Gasteiger partial charge < -0.3 is 10.1 Å². The number of anilines is 1. The van der Waals surface area contributed by atoms with E-state index < -0.39 is 6.03 Å². The van der Waals surface area contributed by atoms with Crippen molar-refractivity contribution in [2.45, 2.75) is 13.5 Å². The van der Waals surface area contributed by atoms with Crippen molar-refractivity contribution >= 4 is 40.5 Å². The zero-order valence-corrected chi connectivity index (χ0v) is 18.4. The summed E-state index contributed by atoms with van der Waals surface area (Å²) in [7, 11) is 0. The number of carbonyl (C=O) groups excluding carboxylic acids is 1. The Morgan fingerprint density at radius 2 is 1.93 bits per heavy atom. The maximum absolute atomic E-state index is 12.0. The van der Waals surface area contributed by atoms with E-state index in [0.29, 0.717) is 17.9 Å². The highest BCUT2D eigenvalue weighted by Gasteiger charge is 2.06. The maximum Gasteiger partial charge on any atom is 0.339 e. The Morgan fingerprint density at radius 3 is 2.70 bits per heavy atom. The van der Waals surface area contributed by atoms with Crippen LogP contribution in [0.3, 0.4) is 0 Å². The molecule has 6 nitrogen and oxygen atoms in total. The molecular weight excluding hydrogens is 491 g/mol. The molecule has 0 atom stereocenters. The third-order valence-corrected chi connectivity index (χ3v) is 5.09. The van der Waals surface area contributed by atoms with Crippen molar-refractivity contribution in [2.75, 3.05) is 5.32 Å². The molecule has 3 aromatic carbocycles. The molecule has 0 aromatic heterocycles. The first-order valence-corrected chi connectivity index (χ1v) is 10.2. The average molecular weight is 510 g/mol. The molecule has 0 unspecified atom stereocenters. The van der Waals surface area contributed by atoms with Gasteiger partial charge in [0.25, 0.3) is 0 Å². The van der Waals surface area contributed by atoms with Crippen LogP contribution in [0.4, 0.5) is 10.5 Å². The standard InChI is InChI=1S/C23H19IN4O2/c1-16-6-2-5-9-21(16)27-23(29)28-26-14-17-10-11-22(20(24)12-17)30-15-19-8-4-3-7-18(19)13-25/h2-12,14H,15H2,1H3,(H2,27,28,29). The fourth-order valence-electron chi connectivity index (χ4n) is 2.65. The van der Waals surface area contributed by atoms with Gasteiger partial charge in [-0.1, -0.05) is 36.4 Å². The normalized spacial score (nSPS) is 10.4. The van der Waals surface area contributed by atoms with E-state index in [9.17, 15) is 4.79 Å². The van der Waals surface area contributed by atoms with Crippen molar-refractivity contribution in [3.63, 3.8) is 0 Å². The van der Waals surface area contributed by atoms with Crippen LogP contribution in [0.2, 0.25) is 0 Å². The summed E-state index contributed by atoms with van der Waals surface area (Å²) in [5.74, 6) is 0.714. The number of halogens is 1. The number of nitriles is 1. The van der Waals surface area contributed by atoms with E-state index in [-0.39, 0.29) is 0 Å². The van der Waals surface area contributed by atoms with Crippen LogP contribution in [0.1, 0.15) is 22.3 Å². The first kappa shape index (κ1) is 21.3. The number of amides is 2. The van der Waals surface area contributed by atoms with Crippen molar-refractivity contribution in [2.24, 2.45) is 5.10 Å². The molecule has 3 aromatic rings. The molecule has 2 amide bonds. The van der Waals surface area contributed by atoms with Crippen LogP contribution in [0.15, 0.2) is 71.8 Å². The minimum absolute atomic E-state index is 0.313. The Kier molecular flexibility index (Phi) is 7.40. The van der Waals surface area contributed by atoms with Crippen molar-refractivity contribution < 1.29 is 9.53 Å². The number of ether oxygens (including phenoxy) is 1. The number of hydrogen-bond donors (Lipinski definition) is 2. The van der Waals surface area contributed by atoms with Crippen LogP contribution in [0, 0.1) is 21.8 Å². The number of para-hydroxylation sites is 1. The Hall–Kier alpha value is -3.38. The number of aryl methyl sites for hydroxylation is 1. The van der Waals surface area contributed by atoms with Crippen molar-refractivity contribution in [3.8, 4) is 11.8 Å². The minimum atomic E-state index is -0.411. The molecule has 7 heteroatoms. The largest absolute Gasteiger partial charge is 0.488 e. The third-order valence-electron chi connectivity index (χ3n) is 4.25. The summed E-state index contributed by atoms with van der Waals surface area (Å²) < 4.78 is 6.76. The van der Waals surface area contributed by atoms with Gasteiger partial charge in [-0.3, -0.25) is 0 Å². The van der Waals surface area contributed by atoms with Gasteiger partial charge in [0.2, 0.25) is 0 Å². The number of nitrogens with zero attached hydrogens (tertiary/aromatic N) is 2. The van der Waals surface area contributed by atoms with Crippen molar-refractivity contribution in [3.05, 3.63) is 92.6 Å². The number of benzene rings is 3. The number of carbonyl (C=O) groups is 1. The summed E-state index contributed by atoms with van der Waals surface area (Å²) in [4.78, 5) is 12.0. The third kappa shape index (κ3) is 5.81. The molecule has 0 radical (unpaired) electrons. The Bertz CT molecular complexity index is 1120. The van der Waals surface area contributed by atoms with Crippen LogP contribution >= 0.6 is 22.6 Å². The summed E-state index contributed by atoms with van der Waals surface area (Å²) >= 11 is 2.18. The lowest BCUT2D eigenvalue weighted by atomic mass is 10.1. The smallest absolute Gasteiger partial charge is 0.339 e. The highest BCUT2D eigenvalue weighted by molar-refractivity contribution is 14.1. The van der Waals surface area contributed by atoms with Gasteiger partial charge in [0, 0.05) is 11.3 Å². The van der Waals surface area contributed by atoms with Crippen molar-refractivity contribution in [1.82, 2.24) is 5.43 Å². The SMILES string of the molecule is Cc1ccccc1NC(=O)NN=Cc1ccc(OCc2ccccc2C#N)c(I)c1. The van der Waals surface area contributed by atoms with E-state index in [4.69, 9.17) is 10.00 Å². The molecule has 0 aliphatic carbocycles. The lowest BCUT2D eigenvalue weighted by Crippen LogP contribution is -2.24. The molecule has 0 heterocycles. The molecule has 30 heavy (non-hydrogen) atoms. The molecule has 150 valence electrons. The lowest BCUT2D eigenvalue weighted by Gasteiger charge is -2.10. The maximum atomic E-state index is 12.0. The Balaban J connectivity index is 1.56. The first-order valence-electron chi connectivity index (χ1n) is 9.13. The van der Waals surface area contributed by atoms with Gasteiger partial charge in [0.1, 0.15) is 12.4 Å². The van der Waals surface area contributed by atoms with E-state index in [1.54, 1.807) is 12.3 Å². The van der Waals surface area contributed by atoms with Crippen LogP contribution in [0.25, 0.3) is 0 Å². The summed E-state index contributed by atoms with van der Waals surface area (Å²) in [6, 6.07) is 22.2. The number of rotatable bonds is 6. The quantitative estimate of drug-likeness (QED) is 0.271. The van der Waals surface area contributed by atoms with E-state index in [1.807, 2.05) is 67.6 Å². The Morgan fingerprint density at radius 1 is 1.17 bits per heavy atom. The first-order chi connectivity index (χ1) is 14.6. The van der Waals surface area contributed by atoms with Crippen LogP contribution in [0.5, 0.6) is 5.75 Å². The molecule has 0 spiro atoms. The fraction of sp³-hybridized carbons (Fsp3) is 0.0870. The van der Waals surface area contributed by atoms with Crippen molar-refractivity contribution in [1.29, 1.82) is 5.26 Å². The zero-order valence-electron chi connectivity index (χ0n) is 16.2. The second kappa shape index (κ2) is 10.4. The zero-order chi connectivity index (χ0) is 21.3. The number of hydrazone groups is 1. The van der Waals surface area contributed by atoms with E-state index in [2.05, 4.69) is 44.5 Å². The highest BCUT2D eigenvalue weighted by Crippen LogP contribution is 2.23. The molecule has 0 fully saturated rings. The average Bonchev–Trinajstić information content (AvgIpc) is 2.75. The molecule has 0 bridgehead atoms. The number of urea groups is 1. The number of hydrogen-bond acceptors (Lipinski definition) is 4. The van der Waals surface area contributed by atoms with Crippen LogP contribution in [-0.4, -0.2) is 12.2 Å². The van der Waals surface area contributed by atoms with Gasteiger partial charge in [-0.2, -0.15) is 10.4 Å². The number of nitrogens with one attached hydrogen (secondary N) is 2. The predicted octanol–water partition coefficient (Wildman–Crippen LogP) is 5.21. The molecule has 2 N–H and O–H groups in total. The fourth-order valence-corrected chi connectivity index (χ4v) is 3.35. The van der Waals surface area contributed by atoms with E-state index in [1.165, 1.54) is 0 Å². The van der Waals surface area contributed by atoms with Gasteiger partial charge in [-0.15, -0.1) is 0 Å². The summed E-state index contributed by atoms with van der Waals surface area (Å²) in [6.07, 6.45) is 1.56.